The molecule has 2 heterocycles. The molecular formula is C28H27FNOSi+. The van der Waals surface area contributed by atoms with Crippen LogP contribution in [0.2, 0.25) is 19.6 Å². The van der Waals surface area contributed by atoms with E-state index in [2.05, 4.69) is 49.3 Å². The summed E-state index contributed by atoms with van der Waals surface area (Å²) in [6.45, 7) is 8.66. The lowest BCUT2D eigenvalue weighted by Gasteiger charge is -2.20. The van der Waals surface area contributed by atoms with Crippen LogP contribution in [-0.4, -0.2) is 8.07 Å². The highest BCUT2D eigenvalue weighted by Gasteiger charge is 2.29. The maximum absolute atomic E-state index is 16.1. The van der Waals surface area contributed by atoms with Gasteiger partial charge >= 0.3 is 0 Å². The zero-order chi connectivity index (χ0) is 22.6. The van der Waals surface area contributed by atoms with Gasteiger partial charge in [-0.1, -0.05) is 62.1 Å². The molecule has 4 heteroatoms. The summed E-state index contributed by atoms with van der Waals surface area (Å²) in [7, 11) is 0.0981. The van der Waals surface area contributed by atoms with Gasteiger partial charge in [0.2, 0.25) is 5.69 Å². The van der Waals surface area contributed by atoms with E-state index in [0.29, 0.717) is 11.1 Å². The number of furan rings is 1. The molecule has 0 aliphatic carbocycles. The van der Waals surface area contributed by atoms with Crippen molar-refractivity contribution < 1.29 is 13.4 Å². The molecule has 5 rings (SSSR count). The Hall–Kier alpha value is -3.24. The van der Waals surface area contributed by atoms with Crippen molar-refractivity contribution in [2.24, 2.45) is 7.05 Å². The molecule has 0 radical (unpaired) electrons. The highest BCUT2D eigenvalue weighted by atomic mass is 28.3. The Morgan fingerprint density at radius 1 is 0.812 bits per heavy atom. The molecule has 160 valence electrons. The molecule has 0 saturated carbocycles. The summed E-state index contributed by atoms with van der Waals surface area (Å²) < 4.78 is 24.7. The van der Waals surface area contributed by atoms with Crippen molar-refractivity contribution in [3.8, 4) is 22.4 Å². The standard InChI is InChI=1S/C28H27FNOSi/c1-18-14-15-20-21-17-23(32(3,4)5)26(29)25(19-11-7-6-8-12-19)28(21)31-27(20)24(18)22-13-9-10-16-30(22)2/h6-17H,1-5H3/q+1. The summed E-state index contributed by atoms with van der Waals surface area (Å²) >= 11 is 0. The summed E-state index contributed by atoms with van der Waals surface area (Å²) in [6, 6.07) is 22.2. The minimum Gasteiger partial charge on any atom is -0.454 e. The normalized spacial score (nSPS) is 12.1. The van der Waals surface area contributed by atoms with E-state index in [9.17, 15) is 0 Å². The van der Waals surface area contributed by atoms with Gasteiger partial charge in [-0.25, -0.2) is 8.96 Å². The molecule has 2 aromatic heterocycles. The molecule has 32 heavy (non-hydrogen) atoms. The number of halogens is 1. The SMILES string of the molecule is Cc1ccc2c(oc3c(-c4ccccc4)c(F)c([Si](C)(C)C)cc32)c1-c1cccc[n+]1C. The molecule has 5 aromatic rings. The molecule has 0 atom stereocenters. The average Bonchev–Trinajstić information content (AvgIpc) is 3.12. The van der Waals surface area contributed by atoms with Crippen LogP contribution < -0.4 is 9.75 Å². The second kappa shape index (κ2) is 7.42. The van der Waals surface area contributed by atoms with Gasteiger partial charge in [-0.2, -0.15) is 0 Å². The third-order valence-corrected chi connectivity index (χ3v) is 8.24. The first-order valence-electron chi connectivity index (χ1n) is 11.0. The minimum atomic E-state index is -1.94. The summed E-state index contributed by atoms with van der Waals surface area (Å²) in [5, 5.41) is 2.84. The zero-order valence-corrected chi connectivity index (χ0v) is 20.2. The second-order valence-electron chi connectivity index (χ2n) is 9.54. The largest absolute Gasteiger partial charge is 0.454 e. The summed E-state index contributed by atoms with van der Waals surface area (Å²) in [4.78, 5) is 0. The van der Waals surface area contributed by atoms with Crippen molar-refractivity contribution in [2.45, 2.75) is 26.6 Å². The summed E-state index contributed by atoms with van der Waals surface area (Å²) in [5.41, 5.74) is 6.10. The number of aryl methyl sites for hydroxylation is 2. The first kappa shape index (κ1) is 20.6. The van der Waals surface area contributed by atoms with Crippen molar-refractivity contribution in [3.63, 3.8) is 0 Å². The molecule has 0 amide bonds. The van der Waals surface area contributed by atoms with Crippen molar-refractivity contribution in [1.29, 1.82) is 0 Å². The molecule has 0 aliphatic rings. The Labute approximate surface area is 189 Å². The molecule has 0 aliphatic heterocycles. The third-order valence-electron chi connectivity index (χ3n) is 6.26. The highest BCUT2D eigenvalue weighted by molar-refractivity contribution is 6.89. The van der Waals surface area contributed by atoms with Crippen LogP contribution in [0.5, 0.6) is 0 Å². The van der Waals surface area contributed by atoms with Gasteiger partial charge in [0, 0.05) is 22.9 Å². The zero-order valence-electron chi connectivity index (χ0n) is 19.2. The Morgan fingerprint density at radius 2 is 1.50 bits per heavy atom. The number of pyridine rings is 1. The molecule has 0 spiro atoms. The van der Waals surface area contributed by atoms with E-state index in [-0.39, 0.29) is 5.82 Å². The van der Waals surface area contributed by atoms with Crippen molar-refractivity contribution in [1.82, 2.24) is 0 Å². The predicted molar refractivity (Wildman–Crippen MR) is 133 cm³/mol. The lowest BCUT2D eigenvalue weighted by Crippen LogP contribution is -2.40. The lowest BCUT2D eigenvalue weighted by molar-refractivity contribution is -0.660. The van der Waals surface area contributed by atoms with Crippen molar-refractivity contribution >= 4 is 35.2 Å². The van der Waals surface area contributed by atoms with Crippen molar-refractivity contribution in [2.75, 3.05) is 0 Å². The molecule has 0 bridgehead atoms. The number of hydrogen-bond donors (Lipinski definition) is 0. The monoisotopic (exact) mass is 440 g/mol. The highest BCUT2D eigenvalue weighted by Crippen LogP contribution is 2.41. The van der Waals surface area contributed by atoms with Crippen LogP contribution in [0, 0.1) is 12.7 Å². The Balaban J connectivity index is 1.97. The van der Waals surface area contributed by atoms with Crippen LogP contribution >= 0.6 is 0 Å². The minimum absolute atomic E-state index is 0.148. The molecule has 0 fully saturated rings. The number of aromatic nitrogens is 1. The average molecular weight is 441 g/mol. The van der Waals surface area contributed by atoms with Gasteiger partial charge in [0.05, 0.1) is 19.2 Å². The molecular weight excluding hydrogens is 413 g/mol. The fourth-order valence-corrected chi connectivity index (χ4v) is 5.92. The molecule has 0 unspecified atom stereocenters. The van der Waals surface area contributed by atoms with E-state index in [1.165, 1.54) is 0 Å². The van der Waals surface area contributed by atoms with E-state index in [1.807, 2.05) is 61.8 Å². The van der Waals surface area contributed by atoms with Gasteiger partial charge in [-0.3, -0.25) is 0 Å². The van der Waals surface area contributed by atoms with Gasteiger partial charge in [0.25, 0.3) is 0 Å². The number of fused-ring (bicyclic) bond motifs is 3. The number of nitrogens with zero attached hydrogens (tertiary/aromatic N) is 1. The third kappa shape index (κ3) is 3.18. The van der Waals surface area contributed by atoms with Crippen LogP contribution in [0.1, 0.15) is 5.56 Å². The number of rotatable bonds is 3. The van der Waals surface area contributed by atoms with Gasteiger partial charge < -0.3 is 4.42 Å². The van der Waals surface area contributed by atoms with Gasteiger partial charge in [0.15, 0.2) is 6.20 Å². The van der Waals surface area contributed by atoms with E-state index >= 15 is 4.39 Å². The van der Waals surface area contributed by atoms with Crippen LogP contribution in [0.25, 0.3) is 44.3 Å². The summed E-state index contributed by atoms with van der Waals surface area (Å²) in [5.74, 6) is -0.148. The van der Waals surface area contributed by atoms with Gasteiger partial charge in [-0.15, -0.1) is 0 Å². The molecule has 0 N–H and O–H groups in total. The Morgan fingerprint density at radius 3 is 2.19 bits per heavy atom. The van der Waals surface area contributed by atoms with E-state index in [4.69, 9.17) is 4.42 Å². The van der Waals surface area contributed by atoms with Crippen LogP contribution in [-0.2, 0) is 7.05 Å². The smallest absolute Gasteiger partial charge is 0.216 e. The topological polar surface area (TPSA) is 17.0 Å². The Kier molecular flexibility index (Phi) is 4.79. The fraction of sp³-hybridized carbons (Fsp3) is 0.179. The predicted octanol–water partition coefficient (Wildman–Crippen LogP) is 6.74. The number of benzene rings is 3. The molecule has 0 saturated heterocycles. The second-order valence-corrected chi connectivity index (χ2v) is 14.6. The number of hydrogen-bond acceptors (Lipinski definition) is 1. The first-order chi connectivity index (χ1) is 15.3. The van der Waals surface area contributed by atoms with Gasteiger partial charge in [0.1, 0.15) is 24.0 Å². The first-order valence-corrected chi connectivity index (χ1v) is 14.5. The van der Waals surface area contributed by atoms with Crippen LogP contribution in [0.3, 0.4) is 0 Å². The van der Waals surface area contributed by atoms with Crippen LogP contribution in [0.15, 0.2) is 77.3 Å². The molecule has 3 aromatic carbocycles. The van der Waals surface area contributed by atoms with Crippen LogP contribution in [0.4, 0.5) is 4.39 Å². The van der Waals surface area contributed by atoms with Crippen molar-refractivity contribution in [3.05, 3.63) is 84.3 Å². The fourth-order valence-electron chi connectivity index (χ4n) is 4.56. The summed E-state index contributed by atoms with van der Waals surface area (Å²) in [6.07, 6.45) is 2.04. The quantitative estimate of drug-likeness (QED) is 0.224. The maximum Gasteiger partial charge on any atom is 0.216 e. The molecule has 2 nitrogen and oxygen atoms in total. The van der Waals surface area contributed by atoms with E-state index < -0.39 is 8.07 Å². The van der Waals surface area contributed by atoms with E-state index in [1.54, 1.807) is 0 Å². The maximum atomic E-state index is 16.1. The van der Waals surface area contributed by atoms with E-state index in [0.717, 1.165) is 43.9 Å². The lowest BCUT2D eigenvalue weighted by atomic mass is 9.98. The Bertz CT molecular complexity index is 1480. The van der Waals surface area contributed by atoms with Gasteiger partial charge in [-0.05, 0) is 35.4 Å².